The molecular weight excluding hydrogens is 240 g/mol. The largest absolute Gasteiger partial charge is 0.379 e. The van der Waals surface area contributed by atoms with Gasteiger partial charge in [0.05, 0.1) is 18.5 Å². The van der Waals surface area contributed by atoms with Gasteiger partial charge in [-0.2, -0.15) is 0 Å². The third-order valence-corrected chi connectivity index (χ3v) is 4.72. The topological polar surface area (TPSA) is 58.6 Å². The Morgan fingerprint density at radius 2 is 2.00 bits per heavy atom. The van der Waals surface area contributed by atoms with Crippen LogP contribution in [0.4, 0.5) is 0 Å². The van der Waals surface area contributed by atoms with Crippen molar-refractivity contribution in [3.8, 4) is 0 Å². The van der Waals surface area contributed by atoms with Crippen LogP contribution >= 0.6 is 0 Å². The standard InChI is InChI=1S/C11H24N2O3S/c1-11(17(2,14)15)10-12-4-3-5-13-6-8-16-9-7-13/h11-12H,3-10H2,1-2H3. The first-order chi connectivity index (χ1) is 8.00. The summed E-state index contributed by atoms with van der Waals surface area (Å²) >= 11 is 0. The summed E-state index contributed by atoms with van der Waals surface area (Å²) in [6.07, 6.45) is 2.34. The Kier molecular flexibility index (Phi) is 6.40. The molecule has 0 amide bonds. The van der Waals surface area contributed by atoms with E-state index in [-0.39, 0.29) is 5.25 Å². The summed E-state index contributed by atoms with van der Waals surface area (Å²) in [6.45, 7) is 7.91. The highest BCUT2D eigenvalue weighted by Crippen LogP contribution is 1.98. The van der Waals surface area contributed by atoms with E-state index in [0.29, 0.717) is 6.54 Å². The third kappa shape index (κ3) is 6.35. The van der Waals surface area contributed by atoms with Crippen LogP contribution < -0.4 is 5.32 Å². The molecular formula is C11H24N2O3S. The van der Waals surface area contributed by atoms with Crippen LogP contribution in [0.3, 0.4) is 0 Å². The molecule has 0 aliphatic carbocycles. The molecule has 0 radical (unpaired) electrons. The average molecular weight is 264 g/mol. The molecule has 17 heavy (non-hydrogen) atoms. The summed E-state index contributed by atoms with van der Waals surface area (Å²) in [7, 11) is -2.90. The van der Waals surface area contributed by atoms with Crippen molar-refractivity contribution in [1.82, 2.24) is 10.2 Å². The van der Waals surface area contributed by atoms with Gasteiger partial charge in [-0.15, -0.1) is 0 Å². The Morgan fingerprint density at radius 3 is 2.59 bits per heavy atom. The van der Waals surface area contributed by atoms with E-state index in [4.69, 9.17) is 4.74 Å². The Morgan fingerprint density at radius 1 is 1.35 bits per heavy atom. The van der Waals surface area contributed by atoms with Gasteiger partial charge in [0, 0.05) is 25.9 Å². The van der Waals surface area contributed by atoms with Crippen molar-refractivity contribution in [2.45, 2.75) is 18.6 Å². The lowest BCUT2D eigenvalue weighted by atomic mass is 10.3. The fraction of sp³-hybridized carbons (Fsp3) is 1.00. The second-order valence-electron chi connectivity index (χ2n) is 4.65. The summed E-state index contributed by atoms with van der Waals surface area (Å²) in [4.78, 5) is 2.38. The van der Waals surface area contributed by atoms with Gasteiger partial charge in [0.2, 0.25) is 0 Å². The van der Waals surface area contributed by atoms with Crippen LogP contribution in [0.1, 0.15) is 13.3 Å². The van der Waals surface area contributed by atoms with Crippen molar-refractivity contribution in [2.24, 2.45) is 0 Å². The maximum absolute atomic E-state index is 11.2. The molecule has 5 nitrogen and oxygen atoms in total. The van der Waals surface area contributed by atoms with E-state index in [2.05, 4.69) is 10.2 Å². The third-order valence-electron chi connectivity index (χ3n) is 3.09. The molecule has 1 unspecified atom stereocenters. The number of ether oxygens (including phenoxy) is 1. The first-order valence-corrected chi connectivity index (χ1v) is 8.15. The highest BCUT2D eigenvalue weighted by molar-refractivity contribution is 7.91. The lowest BCUT2D eigenvalue weighted by Gasteiger charge is -2.26. The number of rotatable bonds is 7. The molecule has 1 saturated heterocycles. The second kappa shape index (κ2) is 7.31. The van der Waals surface area contributed by atoms with Gasteiger partial charge in [0.1, 0.15) is 0 Å². The van der Waals surface area contributed by atoms with Gasteiger partial charge >= 0.3 is 0 Å². The van der Waals surface area contributed by atoms with E-state index in [1.165, 1.54) is 6.26 Å². The lowest BCUT2D eigenvalue weighted by Crippen LogP contribution is -2.38. The molecule has 1 rings (SSSR count). The number of hydrogen-bond acceptors (Lipinski definition) is 5. The first kappa shape index (κ1) is 14.9. The molecule has 1 aliphatic heterocycles. The molecule has 1 fully saturated rings. The van der Waals surface area contributed by atoms with Crippen LogP contribution in [0.5, 0.6) is 0 Å². The van der Waals surface area contributed by atoms with Crippen LogP contribution in [0.2, 0.25) is 0 Å². The van der Waals surface area contributed by atoms with E-state index in [1.54, 1.807) is 6.92 Å². The normalized spacial score (nSPS) is 20.4. The summed E-state index contributed by atoms with van der Waals surface area (Å²) in [5.74, 6) is 0. The highest BCUT2D eigenvalue weighted by Gasteiger charge is 2.14. The van der Waals surface area contributed by atoms with Crippen molar-refractivity contribution in [1.29, 1.82) is 0 Å². The minimum atomic E-state index is -2.90. The molecule has 1 aliphatic rings. The second-order valence-corrected chi connectivity index (χ2v) is 7.12. The fourth-order valence-electron chi connectivity index (χ4n) is 1.71. The van der Waals surface area contributed by atoms with E-state index in [1.807, 2.05) is 0 Å². The van der Waals surface area contributed by atoms with E-state index in [9.17, 15) is 8.42 Å². The maximum atomic E-state index is 11.2. The van der Waals surface area contributed by atoms with E-state index >= 15 is 0 Å². The molecule has 0 bridgehead atoms. The Hall–Kier alpha value is -0.170. The van der Waals surface area contributed by atoms with Gasteiger partial charge in [0.15, 0.2) is 9.84 Å². The van der Waals surface area contributed by atoms with Gasteiger partial charge < -0.3 is 10.1 Å². The lowest BCUT2D eigenvalue weighted by molar-refractivity contribution is 0.0375. The Bertz CT molecular complexity index is 300. The van der Waals surface area contributed by atoms with Crippen molar-refractivity contribution in [2.75, 3.05) is 52.2 Å². The van der Waals surface area contributed by atoms with Gasteiger partial charge in [-0.1, -0.05) is 0 Å². The summed E-state index contributed by atoms with van der Waals surface area (Å²) in [6, 6.07) is 0. The molecule has 1 N–H and O–H groups in total. The number of hydrogen-bond donors (Lipinski definition) is 1. The van der Waals surface area contributed by atoms with Gasteiger partial charge in [-0.05, 0) is 26.4 Å². The predicted octanol–water partition coefficient (Wildman–Crippen LogP) is -0.269. The van der Waals surface area contributed by atoms with Crippen LogP contribution in [0, 0.1) is 0 Å². The smallest absolute Gasteiger partial charge is 0.151 e. The van der Waals surface area contributed by atoms with Crippen LogP contribution in [0.15, 0.2) is 0 Å². The molecule has 1 atom stereocenters. The maximum Gasteiger partial charge on any atom is 0.151 e. The zero-order chi connectivity index (χ0) is 12.7. The molecule has 0 spiro atoms. The summed E-state index contributed by atoms with van der Waals surface area (Å²) in [5, 5.41) is 2.89. The minimum absolute atomic E-state index is 0.300. The van der Waals surface area contributed by atoms with Gasteiger partial charge in [-0.3, -0.25) is 4.90 Å². The number of morpholine rings is 1. The number of nitrogens with one attached hydrogen (secondary N) is 1. The molecule has 1 heterocycles. The predicted molar refractivity (Wildman–Crippen MR) is 69.1 cm³/mol. The summed E-state index contributed by atoms with van der Waals surface area (Å²) in [5.41, 5.74) is 0. The van der Waals surface area contributed by atoms with Crippen molar-refractivity contribution >= 4 is 9.84 Å². The molecule has 102 valence electrons. The van der Waals surface area contributed by atoms with E-state index < -0.39 is 9.84 Å². The molecule has 0 aromatic carbocycles. The van der Waals surface area contributed by atoms with Crippen LogP contribution in [0.25, 0.3) is 0 Å². The zero-order valence-electron chi connectivity index (χ0n) is 10.8. The summed E-state index contributed by atoms with van der Waals surface area (Å²) < 4.78 is 27.6. The van der Waals surface area contributed by atoms with Crippen molar-refractivity contribution in [3.63, 3.8) is 0 Å². The van der Waals surface area contributed by atoms with Crippen LogP contribution in [-0.2, 0) is 14.6 Å². The van der Waals surface area contributed by atoms with Crippen molar-refractivity contribution in [3.05, 3.63) is 0 Å². The molecule has 0 aromatic rings. The van der Waals surface area contributed by atoms with Crippen LogP contribution in [-0.4, -0.2) is 70.8 Å². The van der Waals surface area contributed by atoms with E-state index in [0.717, 1.165) is 45.8 Å². The van der Waals surface area contributed by atoms with Gasteiger partial charge in [-0.25, -0.2) is 8.42 Å². The average Bonchev–Trinajstić information content (AvgIpc) is 2.28. The SMILES string of the molecule is CC(CNCCCN1CCOCC1)S(C)(=O)=O. The number of nitrogens with zero attached hydrogens (tertiary/aromatic N) is 1. The Balaban J connectivity index is 2.00. The van der Waals surface area contributed by atoms with Gasteiger partial charge in [0.25, 0.3) is 0 Å². The number of sulfone groups is 1. The molecule has 0 aromatic heterocycles. The van der Waals surface area contributed by atoms with Crippen molar-refractivity contribution < 1.29 is 13.2 Å². The highest BCUT2D eigenvalue weighted by atomic mass is 32.2. The quantitative estimate of drug-likeness (QED) is 0.642. The first-order valence-electron chi connectivity index (χ1n) is 6.20. The monoisotopic (exact) mass is 264 g/mol. The molecule has 6 heteroatoms. The Labute approximate surface area is 104 Å². The minimum Gasteiger partial charge on any atom is -0.379 e. The fourth-order valence-corrected chi connectivity index (χ4v) is 2.13. The zero-order valence-corrected chi connectivity index (χ0v) is 11.6. The molecule has 0 saturated carbocycles.